The van der Waals surface area contributed by atoms with E-state index in [1.54, 1.807) is 30.6 Å². The lowest BCUT2D eigenvalue weighted by Gasteiger charge is -2.14. The molecule has 3 N–H and O–H groups in total. The van der Waals surface area contributed by atoms with Crippen molar-refractivity contribution < 1.29 is 19.5 Å². The number of nitrogens with zero attached hydrogens (tertiary/aromatic N) is 1. The number of carboxylic acid groups (broad SMARTS) is 1. The number of carbonyl (C=O) groups is 3. The smallest absolute Gasteiger partial charge is 0.326 e. The van der Waals surface area contributed by atoms with E-state index in [-0.39, 0.29) is 18.2 Å². The molecule has 24 heavy (non-hydrogen) atoms. The molecule has 7 heteroatoms. The van der Waals surface area contributed by atoms with Crippen molar-refractivity contribution in [2.45, 2.75) is 38.1 Å². The van der Waals surface area contributed by atoms with E-state index >= 15 is 0 Å². The first kappa shape index (κ1) is 19.3. The molecule has 1 atom stereocenters. The number of aliphatic carboxylic acids is 1. The van der Waals surface area contributed by atoms with Gasteiger partial charge in [-0.3, -0.25) is 14.6 Å². The van der Waals surface area contributed by atoms with E-state index in [0.29, 0.717) is 37.8 Å². The lowest BCUT2D eigenvalue weighted by molar-refractivity contribution is -0.142. The summed E-state index contributed by atoms with van der Waals surface area (Å²) in [6, 6.07) is 2.33. The van der Waals surface area contributed by atoms with Gasteiger partial charge in [0, 0.05) is 30.9 Å². The molecule has 0 unspecified atom stereocenters. The fourth-order valence-corrected chi connectivity index (χ4v) is 2.04. The summed E-state index contributed by atoms with van der Waals surface area (Å²) < 4.78 is 0. The molecule has 1 aromatic heterocycles. The maximum atomic E-state index is 11.8. The summed E-state index contributed by atoms with van der Waals surface area (Å²) in [5.41, 5.74) is 0.530. The predicted molar refractivity (Wildman–Crippen MR) is 89.4 cm³/mol. The first-order chi connectivity index (χ1) is 11.5. The summed E-state index contributed by atoms with van der Waals surface area (Å²) in [7, 11) is 0. The number of amides is 2. The van der Waals surface area contributed by atoms with Crippen molar-refractivity contribution in [3.05, 3.63) is 42.7 Å². The SMILES string of the molecule is C=CCCC(=O)N[C@@H](CCCCNC(=O)c1ccncc1)C(=O)O. The zero-order valence-electron chi connectivity index (χ0n) is 13.5. The van der Waals surface area contributed by atoms with Crippen LogP contribution in [0.3, 0.4) is 0 Å². The number of unbranched alkanes of at least 4 members (excludes halogenated alkanes) is 1. The normalized spacial score (nSPS) is 11.3. The number of hydrogen-bond acceptors (Lipinski definition) is 4. The number of pyridine rings is 1. The minimum atomic E-state index is -1.05. The van der Waals surface area contributed by atoms with Crippen molar-refractivity contribution in [1.82, 2.24) is 15.6 Å². The lowest BCUT2D eigenvalue weighted by Crippen LogP contribution is -2.40. The first-order valence-electron chi connectivity index (χ1n) is 7.86. The van der Waals surface area contributed by atoms with E-state index < -0.39 is 12.0 Å². The molecular formula is C17H23N3O4. The van der Waals surface area contributed by atoms with Gasteiger partial charge in [0.1, 0.15) is 6.04 Å². The zero-order valence-corrected chi connectivity index (χ0v) is 13.5. The molecule has 130 valence electrons. The Labute approximate surface area is 141 Å². The van der Waals surface area contributed by atoms with Gasteiger partial charge in [-0.1, -0.05) is 6.08 Å². The molecule has 0 saturated carbocycles. The highest BCUT2D eigenvalue weighted by Gasteiger charge is 2.18. The number of carbonyl (C=O) groups excluding carboxylic acids is 2. The van der Waals surface area contributed by atoms with Crippen LogP contribution in [-0.2, 0) is 9.59 Å². The van der Waals surface area contributed by atoms with Gasteiger partial charge in [0.15, 0.2) is 0 Å². The Morgan fingerprint density at radius 3 is 2.58 bits per heavy atom. The third kappa shape index (κ3) is 7.53. The highest BCUT2D eigenvalue weighted by molar-refractivity contribution is 5.93. The Bertz CT molecular complexity index is 560. The monoisotopic (exact) mass is 333 g/mol. The van der Waals surface area contributed by atoms with Crippen molar-refractivity contribution in [3.8, 4) is 0 Å². The van der Waals surface area contributed by atoms with Gasteiger partial charge < -0.3 is 15.7 Å². The van der Waals surface area contributed by atoms with Crippen LogP contribution in [0.4, 0.5) is 0 Å². The van der Waals surface area contributed by atoms with Gasteiger partial charge in [-0.15, -0.1) is 6.58 Å². The van der Waals surface area contributed by atoms with Gasteiger partial charge in [-0.05, 0) is 37.8 Å². The van der Waals surface area contributed by atoms with E-state index in [9.17, 15) is 14.4 Å². The molecule has 0 bridgehead atoms. The van der Waals surface area contributed by atoms with Crippen LogP contribution in [-0.4, -0.2) is 40.5 Å². The number of allylic oxidation sites excluding steroid dienone is 1. The Balaban J connectivity index is 2.25. The summed E-state index contributed by atoms with van der Waals surface area (Å²) in [5.74, 6) is -1.54. The standard InChI is InChI=1S/C17H23N3O4/c1-2-3-7-15(21)20-14(17(23)24)6-4-5-10-19-16(22)13-8-11-18-12-9-13/h2,8-9,11-12,14H,1,3-7,10H2,(H,19,22)(H,20,21)(H,23,24)/t14-/m0/s1. The Hall–Kier alpha value is -2.70. The quantitative estimate of drug-likeness (QED) is 0.420. The summed E-state index contributed by atoms with van der Waals surface area (Å²) in [6.45, 7) is 3.96. The number of hydrogen-bond donors (Lipinski definition) is 3. The topological polar surface area (TPSA) is 108 Å². The van der Waals surface area contributed by atoms with E-state index in [4.69, 9.17) is 5.11 Å². The maximum absolute atomic E-state index is 11.8. The molecule has 0 fully saturated rings. The van der Waals surface area contributed by atoms with Crippen LogP contribution in [0.15, 0.2) is 37.2 Å². The van der Waals surface area contributed by atoms with Crippen LogP contribution >= 0.6 is 0 Å². The molecule has 1 aromatic rings. The molecule has 0 aliphatic carbocycles. The van der Waals surface area contributed by atoms with Crippen molar-refractivity contribution in [2.24, 2.45) is 0 Å². The van der Waals surface area contributed by atoms with E-state index in [1.807, 2.05) is 0 Å². The third-order valence-corrected chi connectivity index (χ3v) is 3.36. The number of aromatic nitrogens is 1. The zero-order chi connectivity index (χ0) is 17.8. The summed E-state index contributed by atoms with van der Waals surface area (Å²) >= 11 is 0. The van der Waals surface area contributed by atoms with Crippen LogP contribution < -0.4 is 10.6 Å². The van der Waals surface area contributed by atoms with Gasteiger partial charge >= 0.3 is 5.97 Å². The third-order valence-electron chi connectivity index (χ3n) is 3.36. The van der Waals surface area contributed by atoms with E-state index in [2.05, 4.69) is 22.2 Å². The summed E-state index contributed by atoms with van der Waals surface area (Å²) in [5, 5.41) is 14.4. The second kappa shape index (κ2) is 10.9. The van der Waals surface area contributed by atoms with Crippen LogP contribution in [0.25, 0.3) is 0 Å². The van der Waals surface area contributed by atoms with Crippen LogP contribution in [0.1, 0.15) is 42.5 Å². The molecule has 0 radical (unpaired) electrons. The van der Waals surface area contributed by atoms with E-state index in [0.717, 1.165) is 0 Å². The summed E-state index contributed by atoms with van der Waals surface area (Å²) in [4.78, 5) is 38.4. The molecule has 0 spiro atoms. The Kier molecular flexibility index (Phi) is 8.81. The molecule has 0 aromatic carbocycles. The Morgan fingerprint density at radius 2 is 1.96 bits per heavy atom. The average Bonchev–Trinajstić information content (AvgIpc) is 2.59. The molecule has 0 aliphatic rings. The molecular weight excluding hydrogens is 310 g/mol. The molecule has 2 amide bonds. The lowest BCUT2D eigenvalue weighted by atomic mass is 10.1. The largest absolute Gasteiger partial charge is 0.480 e. The maximum Gasteiger partial charge on any atom is 0.326 e. The molecule has 7 nitrogen and oxygen atoms in total. The van der Waals surface area contributed by atoms with Crippen molar-refractivity contribution >= 4 is 17.8 Å². The fourth-order valence-electron chi connectivity index (χ4n) is 2.04. The van der Waals surface area contributed by atoms with Gasteiger partial charge in [-0.2, -0.15) is 0 Å². The van der Waals surface area contributed by atoms with E-state index in [1.165, 1.54) is 0 Å². The van der Waals surface area contributed by atoms with Gasteiger partial charge in [0.05, 0.1) is 0 Å². The minimum absolute atomic E-state index is 0.190. The van der Waals surface area contributed by atoms with Crippen molar-refractivity contribution in [2.75, 3.05) is 6.54 Å². The van der Waals surface area contributed by atoms with Gasteiger partial charge in [0.25, 0.3) is 5.91 Å². The number of carboxylic acids is 1. The second-order valence-electron chi connectivity index (χ2n) is 5.27. The predicted octanol–water partition coefficient (Wildman–Crippen LogP) is 1.52. The molecule has 0 aliphatic heterocycles. The number of rotatable bonds is 11. The Morgan fingerprint density at radius 1 is 1.25 bits per heavy atom. The fraction of sp³-hybridized carbons (Fsp3) is 0.412. The highest BCUT2D eigenvalue weighted by Crippen LogP contribution is 2.03. The molecule has 1 heterocycles. The van der Waals surface area contributed by atoms with Crippen molar-refractivity contribution in [3.63, 3.8) is 0 Å². The van der Waals surface area contributed by atoms with Gasteiger partial charge in [-0.25, -0.2) is 4.79 Å². The van der Waals surface area contributed by atoms with Crippen molar-refractivity contribution in [1.29, 1.82) is 0 Å². The van der Waals surface area contributed by atoms with Gasteiger partial charge in [0.2, 0.25) is 5.91 Å². The summed E-state index contributed by atoms with van der Waals surface area (Å²) in [6.07, 6.45) is 6.97. The van der Waals surface area contributed by atoms with Crippen LogP contribution in [0.2, 0.25) is 0 Å². The minimum Gasteiger partial charge on any atom is -0.480 e. The average molecular weight is 333 g/mol. The molecule has 1 rings (SSSR count). The highest BCUT2D eigenvalue weighted by atomic mass is 16.4. The first-order valence-corrected chi connectivity index (χ1v) is 7.86. The second-order valence-corrected chi connectivity index (χ2v) is 5.27. The van der Waals surface area contributed by atoms with Crippen LogP contribution in [0.5, 0.6) is 0 Å². The molecule has 0 saturated heterocycles. The van der Waals surface area contributed by atoms with Crippen LogP contribution in [0, 0.1) is 0 Å². The number of nitrogens with one attached hydrogen (secondary N) is 2.